The van der Waals surface area contributed by atoms with E-state index >= 15 is 0 Å². The summed E-state index contributed by atoms with van der Waals surface area (Å²) in [7, 11) is 0. The predicted molar refractivity (Wildman–Crippen MR) is 85.7 cm³/mol. The molecule has 0 aliphatic carbocycles. The van der Waals surface area contributed by atoms with E-state index in [2.05, 4.69) is 0 Å². The lowest BCUT2D eigenvalue weighted by molar-refractivity contribution is -0.108. The molecule has 3 rings (SSSR count). The second-order valence-electron chi connectivity index (χ2n) is 5.52. The van der Waals surface area contributed by atoms with Crippen molar-refractivity contribution >= 4 is 11.9 Å². The second kappa shape index (κ2) is 5.78. The summed E-state index contributed by atoms with van der Waals surface area (Å²) in [6, 6.07) is 15.3. The van der Waals surface area contributed by atoms with E-state index in [9.17, 15) is 9.90 Å². The minimum absolute atomic E-state index is 0.433. The first-order valence-electron chi connectivity index (χ1n) is 7.33. The summed E-state index contributed by atoms with van der Waals surface area (Å²) in [4.78, 5) is 11.9. The lowest BCUT2D eigenvalue weighted by atomic mass is 9.82. The van der Waals surface area contributed by atoms with Crippen LogP contribution in [-0.4, -0.2) is 17.5 Å². The lowest BCUT2D eigenvalue weighted by Gasteiger charge is -2.30. The van der Waals surface area contributed by atoms with Crippen LogP contribution >= 0.6 is 0 Å². The molecule has 0 aromatic heterocycles. The molecule has 0 saturated carbocycles. The fourth-order valence-electron chi connectivity index (χ4n) is 3.00. The van der Waals surface area contributed by atoms with Gasteiger partial charge in [0.25, 0.3) is 0 Å². The Morgan fingerprint density at radius 1 is 1.14 bits per heavy atom. The summed E-state index contributed by atoms with van der Waals surface area (Å²) in [5.74, 6) is 0.658. The van der Waals surface area contributed by atoms with Crippen LogP contribution in [0.4, 0.5) is 0 Å². The van der Waals surface area contributed by atoms with Gasteiger partial charge in [-0.25, -0.2) is 0 Å². The van der Waals surface area contributed by atoms with Gasteiger partial charge in [-0.2, -0.15) is 0 Å². The highest BCUT2D eigenvalue weighted by atomic mass is 16.5. The van der Waals surface area contributed by atoms with Crippen molar-refractivity contribution < 1.29 is 14.6 Å². The van der Waals surface area contributed by atoms with Gasteiger partial charge < -0.3 is 14.6 Å². The van der Waals surface area contributed by atoms with Crippen molar-refractivity contribution in [3.05, 3.63) is 71.0 Å². The largest absolute Gasteiger partial charge is 0.458 e. The van der Waals surface area contributed by atoms with Crippen molar-refractivity contribution in [3.63, 3.8) is 0 Å². The Morgan fingerprint density at radius 3 is 2.50 bits per heavy atom. The number of aliphatic hydroxyl groups excluding tert-OH is 1. The molecule has 0 fully saturated rings. The molecule has 1 unspecified atom stereocenters. The maximum Gasteiger partial charge on any atom is 0.137 e. The standard InChI is InChI=1S/C19H18O3/c1-12-7-6-10-16-17(12)15(11-20)18(19(22-16)13(2)21)14-8-4-3-5-9-14/h3-11,13,15,21H,1-2H3/t13?,15-/m1/s1. The smallest absolute Gasteiger partial charge is 0.137 e. The van der Waals surface area contributed by atoms with Crippen LogP contribution in [0.5, 0.6) is 5.75 Å². The van der Waals surface area contributed by atoms with E-state index in [0.29, 0.717) is 11.5 Å². The molecule has 1 aliphatic rings. The third kappa shape index (κ3) is 2.34. The lowest BCUT2D eigenvalue weighted by Crippen LogP contribution is -2.23. The van der Waals surface area contributed by atoms with Crippen LogP contribution < -0.4 is 4.74 Å². The molecule has 1 N–H and O–H groups in total. The van der Waals surface area contributed by atoms with Crippen molar-refractivity contribution in [2.75, 3.05) is 0 Å². The van der Waals surface area contributed by atoms with Crippen molar-refractivity contribution in [1.82, 2.24) is 0 Å². The van der Waals surface area contributed by atoms with Crippen LogP contribution in [0.1, 0.15) is 29.5 Å². The molecule has 1 heterocycles. The summed E-state index contributed by atoms with van der Waals surface area (Å²) < 4.78 is 5.94. The van der Waals surface area contributed by atoms with Crippen LogP contribution in [0.25, 0.3) is 5.57 Å². The molecule has 0 saturated heterocycles. The molecule has 0 spiro atoms. The minimum atomic E-state index is -0.786. The maximum atomic E-state index is 11.9. The van der Waals surface area contributed by atoms with Crippen LogP contribution in [0, 0.1) is 6.92 Å². The molecule has 0 bridgehead atoms. The molecule has 0 radical (unpaired) electrons. The number of rotatable bonds is 3. The number of aliphatic hydroxyl groups is 1. The van der Waals surface area contributed by atoms with Crippen molar-refractivity contribution in [1.29, 1.82) is 0 Å². The van der Waals surface area contributed by atoms with Gasteiger partial charge in [-0.1, -0.05) is 42.5 Å². The number of carbonyl (C=O) groups is 1. The Hall–Kier alpha value is -2.39. The number of aldehydes is 1. The van der Waals surface area contributed by atoms with E-state index in [1.54, 1.807) is 6.92 Å². The number of fused-ring (bicyclic) bond motifs is 1. The highest BCUT2D eigenvalue weighted by molar-refractivity contribution is 5.90. The Kier molecular flexibility index (Phi) is 3.82. The third-order valence-corrected chi connectivity index (χ3v) is 3.99. The molecule has 112 valence electrons. The summed E-state index contributed by atoms with van der Waals surface area (Å²) in [5, 5.41) is 10.1. The van der Waals surface area contributed by atoms with Gasteiger partial charge >= 0.3 is 0 Å². The predicted octanol–water partition coefficient (Wildman–Crippen LogP) is 3.46. The summed E-state index contributed by atoms with van der Waals surface area (Å²) in [6.07, 6.45) is 0.144. The maximum absolute atomic E-state index is 11.9. The first-order chi connectivity index (χ1) is 10.6. The van der Waals surface area contributed by atoms with Crippen LogP contribution in [0.15, 0.2) is 54.3 Å². The van der Waals surface area contributed by atoms with E-state index < -0.39 is 12.0 Å². The summed E-state index contributed by atoms with van der Waals surface area (Å²) in [5.41, 5.74) is 3.52. The van der Waals surface area contributed by atoms with Gasteiger partial charge in [0, 0.05) is 11.1 Å². The average molecular weight is 294 g/mol. The highest BCUT2D eigenvalue weighted by Crippen LogP contribution is 2.44. The SMILES string of the molecule is Cc1cccc2c1[C@@H](C=O)C(c1ccccc1)=C(C(C)O)O2. The van der Waals surface area contributed by atoms with Crippen LogP contribution in [0.3, 0.4) is 0 Å². The number of carbonyl (C=O) groups excluding carboxylic acids is 1. The zero-order valence-electron chi connectivity index (χ0n) is 12.6. The number of ether oxygens (including phenoxy) is 1. The molecule has 2 aromatic rings. The van der Waals surface area contributed by atoms with Crippen molar-refractivity contribution in [2.24, 2.45) is 0 Å². The Labute approximate surface area is 129 Å². The number of allylic oxidation sites excluding steroid dienone is 1. The third-order valence-electron chi connectivity index (χ3n) is 3.99. The first kappa shape index (κ1) is 14.5. The van der Waals surface area contributed by atoms with E-state index in [0.717, 1.165) is 28.5 Å². The molecular formula is C19H18O3. The van der Waals surface area contributed by atoms with E-state index in [1.807, 2.05) is 55.5 Å². The summed E-state index contributed by atoms with van der Waals surface area (Å²) >= 11 is 0. The van der Waals surface area contributed by atoms with Gasteiger partial charge in [-0.3, -0.25) is 0 Å². The Balaban J connectivity index is 2.26. The van der Waals surface area contributed by atoms with Crippen molar-refractivity contribution in [2.45, 2.75) is 25.9 Å². The molecule has 0 amide bonds. The van der Waals surface area contributed by atoms with Gasteiger partial charge in [0.15, 0.2) is 0 Å². The van der Waals surface area contributed by atoms with Gasteiger partial charge in [0.05, 0.1) is 5.92 Å². The van der Waals surface area contributed by atoms with Crippen LogP contribution in [0.2, 0.25) is 0 Å². The summed E-state index contributed by atoms with van der Waals surface area (Å²) in [6.45, 7) is 3.62. The number of benzene rings is 2. The molecule has 2 aromatic carbocycles. The molecule has 3 heteroatoms. The topological polar surface area (TPSA) is 46.5 Å². The van der Waals surface area contributed by atoms with Gasteiger partial charge in [-0.05, 0) is 31.0 Å². The fourth-order valence-corrected chi connectivity index (χ4v) is 3.00. The first-order valence-corrected chi connectivity index (χ1v) is 7.33. The Morgan fingerprint density at radius 2 is 1.86 bits per heavy atom. The number of hydrogen-bond acceptors (Lipinski definition) is 3. The highest BCUT2D eigenvalue weighted by Gasteiger charge is 2.33. The monoisotopic (exact) mass is 294 g/mol. The molecule has 22 heavy (non-hydrogen) atoms. The Bertz CT molecular complexity index is 730. The van der Waals surface area contributed by atoms with Gasteiger partial charge in [0.1, 0.15) is 23.9 Å². The fraction of sp³-hybridized carbons (Fsp3) is 0.211. The van der Waals surface area contributed by atoms with E-state index in [4.69, 9.17) is 4.74 Å². The molecule has 3 nitrogen and oxygen atoms in total. The minimum Gasteiger partial charge on any atom is -0.458 e. The number of aryl methyl sites for hydroxylation is 1. The molecule has 1 aliphatic heterocycles. The van der Waals surface area contributed by atoms with E-state index in [-0.39, 0.29) is 0 Å². The quantitative estimate of drug-likeness (QED) is 0.882. The van der Waals surface area contributed by atoms with Gasteiger partial charge in [-0.15, -0.1) is 0 Å². The van der Waals surface area contributed by atoms with E-state index in [1.165, 1.54) is 0 Å². The normalized spacial score (nSPS) is 18.4. The number of hydrogen-bond donors (Lipinski definition) is 1. The average Bonchev–Trinajstić information content (AvgIpc) is 2.54. The second-order valence-corrected chi connectivity index (χ2v) is 5.52. The molecular weight excluding hydrogens is 276 g/mol. The van der Waals surface area contributed by atoms with Crippen LogP contribution in [-0.2, 0) is 4.79 Å². The van der Waals surface area contributed by atoms with Gasteiger partial charge in [0.2, 0.25) is 0 Å². The molecule has 2 atom stereocenters. The zero-order valence-corrected chi connectivity index (χ0v) is 12.6. The van der Waals surface area contributed by atoms with Crippen molar-refractivity contribution in [3.8, 4) is 5.75 Å². The zero-order chi connectivity index (χ0) is 15.7.